The zero-order valence-corrected chi connectivity index (χ0v) is 11.0. The number of benzene rings is 1. The third-order valence-corrected chi connectivity index (χ3v) is 2.91. The zero-order chi connectivity index (χ0) is 13.3. The predicted octanol–water partition coefficient (Wildman–Crippen LogP) is 2.25. The monoisotopic (exact) mass is 245 g/mol. The first-order chi connectivity index (χ1) is 8.49. The van der Waals surface area contributed by atoms with Crippen LogP contribution in [0.1, 0.15) is 25.1 Å². The molecule has 2 aromatic rings. The third-order valence-electron chi connectivity index (χ3n) is 2.91. The lowest BCUT2D eigenvalue weighted by molar-refractivity contribution is 0.628. The van der Waals surface area contributed by atoms with E-state index in [9.17, 15) is 4.79 Å². The molecule has 0 saturated carbocycles. The van der Waals surface area contributed by atoms with Crippen LogP contribution in [0, 0.1) is 12.8 Å². The second-order valence-electron chi connectivity index (χ2n) is 5.08. The van der Waals surface area contributed by atoms with E-state index in [-0.39, 0.29) is 5.56 Å². The summed E-state index contributed by atoms with van der Waals surface area (Å²) >= 11 is 0. The van der Waals surface area contributed by atoms with Gasteiger partial charge in [0.15, 0.2) is 0 Å². The highest BCUT2D eigenvalue weighted by molar-refractivity contribution is 5.45. The highest BCUT2D eigenvalue weighted by Gasteiger charge is 2.13. The molecule has 0 aliphatic rings. The van der Waals surface area contributed by atoms with Crippen LogP contribution in [0.5, 0.6) is 0 Å². The van der Waals surface area contributed by atoms with Crippen LogP contribution in [0.4, 0.5) is 5.69 Å². The molecule has 4 heteroatoms. The lowest BCUT2D eigenvalue weighted by Crippen LogP contribution is -2.16. The number of rotatable bonds is 3. The standard InChI is InChI=1S/C14H19N3O/c1-9(2)8-12-13(15)14(18)17(16-12)11-6-4-10(3)5-7-11/h4-7,9,16H,8,15H2,1-3H3. The molecule has 1 heterocycles. The fourth-order valence-corrected chi connectivity index (χ4v) is 1.93. The molecule has 0 bridgehead atoms. The molecule has 1 aromatic heterocycles. The Labute approximate surface area is 106 Å². The maximum atomic E-state index is 12.1. The largest absolute Gasteiger partial charge is 0.393 e. The molecule has 0 atom stereocenters. The average Bonchev–Trinajstić information content (AvgIpc) is 2.58. The van der Waals surface area contributed by atoms with Crippen molar-refractivity contribution < 1.29 is 0 Å². The lowest BCUT2D eigenvalue weighted by atomic mass is 10.1. The van der Waals surface area contributed by atoms with Crippen LogP contribution in [-0.2, 0) is 6.42 Å². The average molecular weight is 245 g/mol. The predicted molar refractivity (Wildman–Crippen MR) is 74.1 cm³/mol. The summed E-state index contributed by atoms with van der Waals surface area (Å²) in [7, 11) is 0. The van der Waals surface area contributed by atoms with E-state index in [1.54, 1.807) is 0 Å². The molecule has 18 heavy (non-hydrogen) atoms. The highest BCUT2D eigenvalue weighted by atomic mass is 16.1. The fraction of sp³-hybridized carbons (Fsp3) is 0.357. The number of anilines is 1. The van der Waals surface area contributed by atoms with Crippen molar-refractivity contribution in [2.45, 2.75) is 27.2 Å². The van der Waals surface area contributed by atoms with Crippen LogP contribution in [0.3, 0.4) is 0 Å². The number of nitrogens with two attached hydrogens (primary N) is 1. The van der Waals surface area contributed by atoms with Crippen LogP contribution in [0.25, 0.3) is 5.69 Å². The quantitative estimate of drug-likeness (QED) is 0.871. The lowest BCUT2D eigenvalue weighted by Gasteiger charge is -2.04. The summed E-state index contributed by atoms with van der Waals surface area (Å²) in [5.41, 5.74) is 8.79. The van der Waals surface area contributed by atoms with Gasteiger partial charge in [-0.2, -0.15) is 0 Å². The molecule has 0 spiro atoms. The summed E-state index contributed by atoms with van der Waals surface area (Å²) in [5, 5.41) is 3.10. The summed E-state index contributed by atoms with van der Waals surface area (Å²) in [6, 6.07) is 7.76. The van der Waals surface area contributed by atoms with Gasteiger partial charge in [0.2, 0.25) is 0 Å². The van der Waals surface area contributed by atoms with Crippen LogP contribution >= 0.6 is 0 Å². The van der Waals surface area contributed by atoms with Gasteiger partial charge in [-0.3, -0.25) is 9.89 Å². The van der Waals surface area contributed by atoms with Crippen LogP contribution < -0.4 is 11.3 Å². The number of nitrogen functional groups attached to an aromatic ring is 1. The van der Waals surface area contributed by atoms with Gasteiger partial charge in [-0.1, -0.05) is 31.5 Å². The minimum absolute atomic E-state index is 0.172. The Hall–Kier alpha value is -1.97. The molecule has 96 valence electrons. The molecular formula is C14H19N3O. The van der Waals surface area contributed by atoms with Gasteiger partial charge in [0.1, 0.15) is 5.69 Å². The van der Waals surface area contributed by atoms with Gasteiger partial charge in [-0.25, -0.2) is 4.68 Å². The van der Waals surface area contributed by atoms with Crippen LogP contribution in [0.2, 0.25) is 0 Å². The Morgan fingerprint density at radius 2 is 1.89 bits per heavy atom. The molecule has 1 aromatic carbocycles. The van der Waals surface area contributed by atoms with Crippen molar-refractivity contribution in [1.82, 2.24) is 9.78 Å². The van der Waals surface area contributed by atoms with Crippen LogP contribution in [0.15, 0.2) is 29.1 Å². The minimum Gasteiger partial charge on any atom is -0.393 e. The van der Waals surface area contributed by atoms with E-state index in [2.05, 4.69) is 18.9 Å². The number of nitrogens with one attached hydrogen (secondary N) is 1. The van der Waals surface area contributed by atoms with E-state index in [1.807, 2.05) is 31.2 Å². The molecule has 0 saturated heterocycles. The van der Waals surface area contributed by atoms with Gasteiger partial charge in [-0.15, -0.1) is 0 Å². The zero-order valence-electron chi connectivity index (χ0n) is 11.0. The van der Waals surface area contributed by atoms with Crippen molar-refractivity contribution in [3.63, 3.8) is 0 Å². The van der Waals surface area contributed by atoms with Crippen molar-refractivity contribution >= 4 is 5.69 Å². The summed E-state index contributed by atoms with van der Waals surface area (Å²) in [6.07, 6.45) is 0.778. The molecular weight excluding hydrogens is 226 g/mol. The SMILES string of the molecule is Cc1ccc(-n2[nH]c(CC(C)C)c(N)c2=O)cc1. The van der Waals surface area contributed by atoms with Crippen molar-refractivity contribution in [2.24, 2.45) is 5.92 Å². The first kappa shape index (κ1) is 12.5. The Balaban J connectivity index is 2.46. The van der Waals surface area contributed by atoms with Gasteiger partial charge in [0.25, 0.3) is 5.56 Å². The smallest absolute Gasteiger partial charge is 0.294 e. The molecule has 0 radical (unpaired) electrons. The highest BCUT2D eigenvalue weighted by Crippen LogP contribution is 2.13. The second kappa shape index (κ2) is 4.72. The van der Waals surface area contributed by atoms with Crippen molar-refractivity contribution in [3.8, 4) is 5.69 Å². The maximum absolute atomic E-state index is 12.1. The first-order valence-corrected chi connectivity index (χ1v) is 6.15. The number of hydrogen-bond donors (Lipinski definition) is 2. The van der Waals surface area contributed by atoms with Gasteiger partial charge >= 0.3 is 0 Å². The first-order valence-electron chi connectivity index (χ1n) is 6.15. The topological polar surface area (TPSA) is 63.8 Å². The normalized spacial score (nSPS) is 11.1. The molecule has 0 aliphatic heterocycles. The second-order valence-corrected chi connectivity index (χ2v) is 5.08. The van der Waals surface area contributed by atoms with Crippen molar-refractivity contribution in [1.29, 1.82) is 0 Å². The van der Waals surface area contributed by atoms with E-state index in [1.165, 1.54) is 4.68 Å². The number of H-pyrrole nitrogens is 1. The van der Waals surface area contributed by atoms with E-state index in [4.69, 9.17) is 5.73 Å². The molecule has 0 unspecified atom stereocenters. The van der Waals surface area contributed by atoms with Gasteiger partial charge in [0, 0.05) is 0 Å². The van der Waals surface area contributed by atoms with E-state index < -0.39 is 0 Å². The molecule has 0 amide bonds. The Bertz CT molecular complexity index is 590. The Morgan fingerprint density at radius 3 is 2.44 bits per heavy atom. The Kier molecular flexibility index (Phi) is 3.28. The van der Waals surface area contributed by atoms with Crippen molar-refractivity contribution in [2.75, 3.05) is 5.73 Å². The number of aromatic amines is 1. The number of hydrogen-bond acceptors (Lipinski definition) is 2. The Morgan fingerprint density at radius 1 is 1.28 bits per heavy atom. The van der Waals surface area contributed by atoms with Crippen molar-refractivity contribution in [3.05, 3.63) is 45.9 Å². The molecule has 0 fully saturated rings. The fourth-order valence-electron chi connectivity index (χ4n) is 1.93. The number of aromatic nitrogens is 2. The summed E-state index contributed by atoms with van der Waals surface area (Å²) in [5.74, 6) is 0.455. The van der Waals surface area contributed by atoms with E-state index in [0.717, 1.165) is 23.4 Å². The van der Waals surface area contributed by atoms with Gasteiger partial charge in [0.05, 0.1) is 11.4 Å². The molecule has 0 aliphatic carbocycles. The third kappa shape index (κ3) is 2.32. The van der Waals surface area contributed by atoms with E-state index in [0.29, 0.717) is 11.6 Å². The number of aryl methyl sites for hydroxylation is 1. The minimum atomic E-state index is -0.172. The van der Waals surface area contributed by atoms with E-state index >= 15 is 0 Å². The summed E-state index contributed by atoms with van der Waals surface area (Å²) in [4.78, 5) is 12.1. The number of nitrogens with zero attached hydrogens (tertiary/aromatic N) is 1. The van der Waals surface area contributed by atoms with Crippen LogP contribution in [-0.4, -0.2) is 9.78 Å². The summed E-state index contributed by atoms with van der Waals surface area (Å²) < 4.78 is 1.51. The molecule has 3 N–H and O–H groups in total. The maximum Gasteiger partial charge on any atom is 0.294 e. The molecule has 4 nitrogen and oxygen atoms in total. The molecule has 2 rings (SSSR count). The summed E-state index contributed by atoms with van der Waals surface area (Å²) in [6.45, 7) is 6.21. The van der Waals surface area contributed by atoms with Gasteiger partial charge < -0.3 is 5.73 Å². The van der Waals surface area contributed by atoms with Gasteiger partial charge in [-0.05, 0) is 31.4 Å².